The van der Waals surface area contributed by atoms with E-state index >= 15 is 0 Å². The maximum absolute atomic E-state index is 12.2. The van der Waals surface area contributed by atoms with Gasteiger partial charge in [-0.2, -0.15) is 0 Å². The zero-order valence-electron chi connectivity index (χ0n) is 19.5. The minimum atomic E-state index is -0.0193. The lowest BCUT2D eigenvalue weighted by molar-refractivity contribution is -0.129. The first kappa shape index (κ1) is 20.0. The van der Waals surface area contributed by atoms with E-state index < -0.39 is 0 Å². The molecule has 2 heterocycles. The molecule has 1 spiro atoms. The van der Waals surface area contributed by atoms with Crippen molar-refractivity contribution < 1.29 is 9.53 Å². The Morgan fingerprint density at radius 2 is 1.93 bits per heavy atom. The first-order chi connectivity index (χ1) is 14.3. The number of carbonyl (C=O) groups excluding carboxylic acids is 1. The summed E-state index contributed by atoms with van der Waals surface area (Å²) in [5.41, 5.74) is 3.78. The molecule has 3 saturated carbocycles. The fraction of sp³-hybridized carbons (Fsp3) is 0.889. The number of piperidine rings is 1. The molecule has 10 atom stereocenters. The third kappa shape index (κ3) is 2.54. The van der Waals surface area contributed by atoms with Crippen LogP contribution in [-0.2, 0) is 9.53 Å². The van der Waals surface area contributed by atoms with Crippen LogP contribution in [0.5, 0.6) is 0 Å². The minimum absolute atomic E-state index is 0.0193. The standard InChI is InChI=1S/C27H41NO2/c1-15-11-24-25(28-14-15)17(3)27(30-24)10-8-20-21-6-5-18-12-19(29)7-9-26(18,4)23(21)13-22(20)16(27)2/h15,17-18,20-21,23-25,28H,5-14H2,1-4H3/t15?,17-,18-,20+,21?,23+,24-,25+,26+,27?/m1/s1. The van der Waals surface area contributed by atoms with Crippen LogP contribution >= 0.6 is 0 Å². The predicted molar refractivity (Wildman–Crippen MR) is 119 cm³/mol. The van der Waals surface area contributed by atoms with Crippen molar-refractivity contribution in [2.45, 2.75) is 103 Å². The van der Waals surface area contributed by atoms with Crippen LogP contribution in [0.2, 0.25) is 0 Å². The summed E-state index contributed by atoms with van der Waals surface area (Å²) in [5.74, 6) is 4.91. The molecule has 2 aliphatic heterocycles. The predicted octanol–water partition coefficient (Wildman–Crippen LogP) is 5.29. The van der Waals surface area contributed by atoms with Crippen molar-refractivity contribution in [3.63, 3.8) is 0 Å². The van der Waals surface area contributed by atoms with E-state index in [1.807, 2.05) is 0 Å². The normalized spacial score (nSPS) is 55.3. The van der Waals surface area contributed by atoms with Gasteiger partial charge < -0.3 is 10.1 Å². The molecule has 2 saturated heterocycles. The van der Waals surface area contributed by atoms with Crippen LogP contribution in [0.25, 0.3) is 0 Å². The van der Waals surface area contributed by atoms with E-state index in [0.717, 1.165) is 49.5 Å². The Labute approximate surface area is 182 Å². The molecule has 4 aliphatic carbocycles. The largest absolute Gasteiger partial charge is 0.365 e. The smallest absolute Gasteiger partial charge is 0.133 e. The Hall–Kier alpha value is -0.670. The van der Waals surface area contributed by atoms with Crippen LogP contribution in [0.1, 0.15) is 85.5 Å². The van der Waals surface area contributed by atoms with Gasteiger partial charge in [-0.15, -0.1) is 0 Å². The molecule has 30 heavy (non-hydrogen) atoms. The minimum Gasteiger partial charge on any atom is -0.365 e. The Morgan fingerprint density at radius 3 is 2.77 bits per heavy atom. The average molecular weight is 412 g/mol. The van der Waals surface area contributed by atoms with E-state index in [0.29, 0.717) is 35.2 Å². The van der Waals surface area contributed by atoms with E-state index in [-0.39, 0.29) is 5.60 Å². The van der Waals surface area contributed by atoms with Gasteiger partial charge in [-0.25, -0.2) is 0 Å². The lowest BCUT2D eigenvalue weighted by Crippen LogP contribution is -2.49. The number of ketones is 1. The number of Topliss-reactive ketones (excluding diaryl/α,β-unsaturated/α-hetero) is 1. The number of rotatable bonds is 0. The fourth-order valence-corrected chi connectivity index (χ4v) is 9.49. The lowest BCUT2D eigenvalue weighted by atomic mass is 9.52. The summed E-state index contributed by atoms with van der Waals surface area (Å²) in [6.07, 6.45) is 10.9. The topological polar surface area (TPSA) is 38.3 Å². The maximum Gasteiger partial charge on any atom is 0.133 e. The number of nitrogens with one attached hydrogen (secondary N) is 1. The van der Waals surface area contributed by atoms with Crippen LogP contribution in [0.15, 0.2) is 11.1 Å². The quantitative estimate of drug-likeness (QED) is 0.551. The molecule has 3 unspecified atom stereocenters. The van der Waals surface area contributed by atoms with Crippen LogP contribution in [0.3, 0.4) is 0 Å². The van der Waals surface area contributed by atoms with Crippen LogP contribution < -0.4 is 5.32 Å². The molecule has 0 bridgehead atoms. The Kier molecular flexibility index (Phi) is 4.44. The molecule has 1 N–H and O–H groups in total. The summed E-state index contributed by atoms with van der Waals surface area (Å²) < 4.78 is 7.03. The molecule has 0 aromatic heterocycles. The second-order valence-corrected chi connectivity index (χ2v) is 12.4. The Bertz CT molecular complexity index is 788. The van der Waals surface area contributed by atoms with Gasteiger partial charge in [0.25, 0.3) is 0 Å². The monoisotopic (exact) mass is 411 g/mol. The first-order valence-corrected chi connectivity index (χ1v) is 13.0. The van der Waals surface area contributed by atoms with Crippen molar-refractivity contribution in [3.05, 3.63) is 11.1 Å². The van der Waals surface area contributed by atoms with Crippen molar-refractivity contribution in [1.82, 2.24) is 5.32 Å². The van der Waals surface area contributed by atoms with Gasteiger partial charge in [-0.05, 0) is 99.0 Å². The van der Waals surface area contributed by atoms with Gasteiger partial charge in [-0.1, -0.05) is 26.3 Å². The molecular formula is C27H41NO2. The van der Waals surface area contributed by atoms with Gasteiger partial charge in [0.15, 0.2) is 0 Å². The SMILES string of the molecule is CC1=C2C[C@H]3C(CC[C@@H]4CC(=O)CC[C@@]43C)[C@@H]2CCC12O[C@@H]1CC(C)CN[C@H]1[C@H]2C. The van der Waals surface area contributed by atoms with Crippen LogP contribution in [0, 0.1) is 40.9 Å². The van der Waals surface area contributed by atoms with Gasteiger partial charge in [-0.3, -0.25) is 4.79 Å². The van der Waals surface area contributed by atoms with E-state index in [2.05, 4.69) is 33.0 Å². The highest BCUT2D eigenvalue weighted by Gasteiger charge is 2.61. The summed E-state index contributed by atoms with van der Waals surface area (Å²) in [6, 6.07) is 0.531. The summed E-state index contributed by atoms with van der Waals surface area (Å²) in [6.45, 7) is 11.0. The second-order valence-electron chi connectivity index (χ2n) is 12.4. The highest BCUT2D eigenvalue weighted by atomic mass is 16.5. The van der Waals surface area contributed by atoms with E-state index in [9.17, 15) is 4.79 Å². The zero-order chi connectivity index (χ0) is 20.8. The Morgan fingerprint density at radius 1 is 1.10 bits per heavy atom. The highest BCUT2D eigenvalue weighted by Crippen LogP contribution is 2.66. The van der Waals surface area contributed by atoms with E-state index in [4.69, 9.17) is 4.74 Å². The molecule has 0 aromatic rings. The molecule has 3 nitrogen and oxygen atoms in total. The number of fused-ring (bicyclic) bond motifs is 6. The maximum atomic E-state index is 12.2. The molecule has 0 radical (unpaired) electrons. The summed E-state index contributed by atoms with van der Waals surface area (Å²) >= 11 is 0. The number of carbonyl (C=O) groups is 1. The van der Waals surface area contributed by atoms with Crippen molar-refractivity contribution in [2.24, 2.45) is 40.9 Å². The zero-order valence-corrected chi connectivity index (χ0v) is 19.5. The number of allylic oxidation sites excluding steroid dienone is 1. The number of hydrogen-bond donors (Lipinski definition) is 1. The van der Waals surface area contributed by atoms with Gasteiger partial charge >= 0.3 is 0 Å². The van der Waals surface area contributed by atoms with Crippen LogP contribution in [0.4, 0.5) is 0 Å². The van der Waals surface area contributed by atoms with Crippen molar-refractivity contribution in [1.29, 1.82) is 0 Å². The highest BCUT2D eigenvalue weighted by molar-refractivity contribution is 5.79. The van der Waals surface area contributed by atoms with Gasteiger partial charge in [0, 0.05) is 24.8 Å². The average Bonchev–Trinajstić information content (AvgIpc) is 3.23. The van der Waals surface area contributed by atoms with Crippen molar-refractivity contribution in [3.8, 4) is 0 Å². The van der Waals surface area contributed by atoms with E-state index in [1.165, 1.54) is 38.5 Å². The molecule has 166 valence electrons. The number of hydrogen-bond acceptors (Lipinski definition) is 3. The number of ether oxygens (including phenoxy) is 1. The third-order valence-electron chi connectivity index (χ3n) is 11.3. The van der Waals surface area contributed by atoms with Gasteiger partial charge in [0.1, 0.15) is 5.78 Å². The van der Waals surface area contributed by atoms with Gasteiger partial charge in [0.05, 0.1) is 11.7 Å². The van der Waals surface area contributed by atoms with E-state index in [1.54, 1.807) is 11.1 Å². The van der Waals surface area contributed by atoms with Gasteiger partial charge in [0.2, 0.25) is 0 Å². The molecule has 5 fully saturated rings. The van der Waals surface area contributed by atoms with Crippen LogP contribution in [-0.4, -0.2) is 30.1 Å². The summed E-state index contributed by atoms with van der Waals surface area (Å²) in [7, 11) is 0. The third-order valence-corrected chi connectivity index (χ3v) is 11.3. The van der Waals surface area contributed by atoms with Crippen molar-refractivity contribution >= 4 is 5.78 Å². The Balaban J connectivity index is 1.33. The molecular weight excluding hydrogens is 370 g/mol. The molecule has 6 rings (SSSR count). The first-order valence-electron chi connectivity index (χ1n) is 13.0. The fourth-order valence-electron chi connectivity index (χ4n) is 9.49. The van der Waals surface area contributed by atoms with Crippen molar-refractivity contribution in [2.75, 3.05) is 6.54 Å². The summed E-state index contributed by atoms with van der Waals surface area (Å²) in [4.78, 5) is 12.2. The lowest BCUT2D eigenvalue weighted by Gasteiger charge is -2.52. The molecule has 3 heteroatoms. The second kappa shape index (κ2) is 6.67. The molecule has 6 aliphatic rings. The molecule has 0 aromatic carbocycles. The summed E-state index contributed by atoms with van der Waals surface area (Å²) in [5, 5.41) is 3.85. The molecule has 0 amide bonds.